The molecule has 0 amide bonds. The zero-order chi connectivity index (χ0) is 12.5. The van der Waals surface area contributed by atoms with E-state index in [0.29, 0.717) is 6.07 Å². The summed E-state index contributed by atoms with van der Waals surface area (Å²) in [6, 6.07) is 1.02. The molecule has 6 heteroatoms. The third-order valence-corrected chi connectivity index (χ3v) is 2.52. The molecule has 4 nitrogen and oxygen atoms in total. The van der Waals surface area contributed by atoms with Gasteiger partial charge in [-0.2, -0.15) is 4.39 Å². The minimum Gasteiger partial charge on any atom is -0.327 e. The van der Waals surface area contributed by atoms with Crippen molar-refractivity contribution in [3.05, 3.63) is 39.4 Å². The standard InChI is InChI=1S/C10H12F2N2O2/c1-5(6(2)13)8-3-7(11)4-9(12)10(8)14(15)16/h3-6H,13H2,1-2H3. The van der Waals surface area contributed by atoms with Crippen molar-refractivity contribution >= 4 is 5.69 Å². The minimum atomic E-state index is -1.17. The van der Waals surface area contributed by atoms with Crippen LogP contribution in [0.25, 0.3) is 0 Å². The monoisotopic (exact) mass is 230 g/mol. The number of hydrogen-bond acceptors (Lipinski definition) is 3. The van der Waals surface area contributed by atoms with Crippen LogP contribution >= 0.6 is 0 Å². The molecule has 88 valence electrons. The summed E-state index contributed by atoms with van der Waals surface area (Å²) < 4.78 is 26.3. The second-order valence-electron chi connectivity index (χ2n) is 3.73. The second kappa shape index (κ2) is 4.52. The summed E-state index contributed by atoms with van der Waals surface area (Å²) in [5, 5.41) is 10.7. The van der Waals surface area contributed by atoms with E-state index in [-0.39, 0.29) is 5.56 Å². The second-order valence-corrected chi connectivity index (χ2v) is 3.73. The van der Waals surface area contributed by atoms with Gasteiger partial charge in [-0.3, -0.25) is 10.1 Å². The lowest BCUT2D eigenvalue weighted by molar-refractivity contribution is -0.388. The molecule has 2 N–H and O–H groups in total. The van der Waals surface area contributed by atoms with Gasteiger partial charge in [0.05, 0.1) is 4.92 Å². The maximum Gasteiger partial charge on any atom is 0.308 e. The molecule has 0 bridgehead atoms. The topological polar surface area (TPSA) is 69.2 Å². The number of nitrogens with zero attached hydrogens (tertiary/aromatic N) is 1. The molecule has 0 aliphatic rings. The van der Waals surface area contributed by atoms with Gasteiger partial charge in [0.25, 0.3) is 0 Å². The zero-order valence-corrected chi connectivity index (χ0v) is 8.91. The highest BCUT2D eigenvalue weighted by molar-refractivity contribution is 5.44. The summed E-state index contributed by atoms with van der Waals surface area (Å²) in [6.45, 7) is 3.21. The fourth-order valence-electron chi connectivity index (χ4n) is 1.41. The van der Waals surface area contributed by atoms with E-state index in [1.165, 1.54) is 0 Å². The van der Waals surface area contributed by atoms with Crippen molar-refractivity contribution in [2.45, 2.75) is 25.8 Å². The Hall–Kier alpha value is -1.56. The van der Waals surface area contributed by atoms with Crippen molar-refractivity contribution in [3.8, 4) is 0 Å². The van der Waals surface area contributed by atoms with Gasteiger partial charge < -0.3 is 5.73 Å². The molecule has 0 radical (unpaired) electrons. The first kappa shape index (κ1) is 12.5. The molecule has 0 aliphatic carbocycles. The number of nitrogens with two attached hydrogens (primary N) is 1. The number of benzene rings is 1. The van der Waals surface area contributed by atoms with Crippen molar-refractivity contribution in [3.63, 3.8) is 0 Å². The Bertz CT molecular complexity index is 422. The highest BCUT2D eigenvalue weighted by Crippen LogP contribution is 2.31. The van der Waals surface area contributed by atoms with E-state index in [0.717, 1.165) is 6.07 Å². The predicted octanol–water partition coefficient (Wildman–Crippen LogP) is 2.32. The lowest BCUT2D eigenvalue weighted by Gasteiger charge is -2.16. The zero-order valence-electron chi connectivity index (χ0n) is 8.91. The van der Waals surface area contributed by atoms with Gasteiger partial charge in [0, 0.05) is 23.6 Å². The van der Waals surface area contributed by atoms with Crippen molar-refractivity contribution in [1.82, 2.24) is 0 Å². The Morgan fingerprint density at radius 1 is 1.38 bits per heavy atom. The number of halogens is 2. The summed E-state index contributed by atoms with van der Waals surface area (Å²) in [5.74, 6) is -2.51. The molecule has 2 atom stereocenters. The van der Waals surface area contributed by atoms with E-state index in [9.17, 15) is 18.9 Å². The normalized spacial score (nSPS) is 14.6. The number of nitro benzene ring substituents is 1. The van der Waals surface area contributed by atoms with Crippen LogP contribution in [0.4, 0.5) is 14.5 Å². The lowest BCUT2D eigenvalue weighted by Crippen LogP contribution is -2.23. The van der Waals surface area contributed by atoms with Crippen LogP contribution in [0.15, 0.2) is 12.1 Å². The predicted molar refractivity (Wildman–Crippen MR) is 55.1 cm³/mol. The molecular weight excluding hydrogens is 218 g/mol. The average molecular weight is 230 g/mol. The van der Waals surface area contributed by atoms with E-state index in [1.54, 1.807) is 13.8 Å². The Morgan fingerprint density at radius 3 is 2.38 bits per heavy atom. The molecule has 1 aromatic rings. The van der Waals surface area contributed by atoms with Crippen molar-refractivity contribution in [1.29, 1.82) is 0 Å². The van der Waals surface area contributed by atoms with Gasteiger partial charge >= 0.3 is 5.69 Å². The molecule has 16 heavy (non-hydrogen) atoms. The van der Waals surface area contributed by atoms with Gasteiger partial charge in [0.2, 0.25) is 5.82 Å². The maximum absolute atomic E-state index is 13.3. The van der Waals surface area contributed by atoms with Gasteiger partial charge in [-0.1, -0.05) is 6.92 Å². The van der Waals surface area contributed by atoms with Crippen molar-refractivity contribution in [2.24, 2.45) is 5.73 Å². The first-order valence-corrected chi connectivity index (χ1v) is 4.73. The molecule has 0 spiro atoms. The van der Waals surface area contributed by atoms with E-state index < -0.39 is 34.2 Å². The minimum absolute atomic E-state index is 0.0162. The SMILES string of the molecule is CC(N)C(C)c1cc(F)cc(F)c1[N+](=O)[O-]. The highest BCUT2D eigenvalue weighted by atomic mass is 19.1. The van der Waals surface area contributed by atoms with Gasteiger partial charge in [0.1, 0.15) is 5.82 Å². The fraction of sp³-hybridized carbons (Fsp3) is 0.400. The third kappa shape index (κ3) is 2.33. The van der Waals surface area contributed by atoms with E-state index >= 15 is 0 Å². The quantitative estimate of drug-likeness (QED) is 0.640. The summed E-state index contributed by atoms with van der Waals surface area (Å²) in [5.41, 5.74) is 4.85. The molecular formula is C10H12F2N2O2. The Kier molecular flexibility index (Phi) is 3.54. The Morgan fingerprint density at radius 2 is 1.94 bits per heavy atom. The van der Waals surface area contributed by atoms with Crippen molar-refractivity contribution in [2.75, 3.05) is 0 Å². The van der Waals surface area contributed by atoms with Gasteiger partial charge in [-0.05, 0) is 13.0 Å². The van der Waals surface area contributed by atoms with E-state index in [2.05, 4.69) is 0 Å². The van der Waals surface area contributed by atoms with Crippen LogP contribution in [0.1, 0.15) is 25.3 Å². The molecule has 0 saturated carbocycles. The third-order valence-electron chi connectivity index (χ3n) is 2.52. The molecule has 0 heterocycles. The molecule has 0 aromatic heterocycles. The average Bonchev–Trinajstić information content (AvgIpc) is 2.14. The molecule has 1 rings (SSSR count). The van der Waals surface area contributed by atoms with Gasteiger partial charge in [0.15, 0.2) is 0 Å². The molecule has 1 aromatic carbocycles. The Balaban J connectivity index is 3.40. The highest BCUT2D eigenvalue weighted by Gasteiger charge is 2.26. The summed E-state index contributed by atoms with van der Waals surface area (Å²) in [6.07, 6.45) is 0. The lowest BCUT2D eigenvalue weighted by atomic mass is 9.93. The smallest absolute Gasteiger partial charge is 0.308 e. The first-order valence-electron chi connectivity index (χ1n) is 4.73. The number of hydrogen-bond donors (Lipinski definition) is 1. The van der Waals surface area contributed by atoms with Crippen LogP contribution in [0.5, 0.6) is 0 Å². The molecule has 0 fully saturated rings. The van der Waals surface area contributed by atoms with Crippen LogP contribution in [0.2, 0.25) is 0 Å². The van der Waals surface area contributed by atoms with Crippen LogP contribution in [-0.4, -0.2) is 11.0 Å². The molecule has 0 saturated heterocycles. The van der Waals surface area contributed by atoms with Crippen LogP contribution < -0.4 is 5.73 Å². The molecule has 0 aliphatic heterocycles. The van der Waals surface area contributed by atoms with Gasteiger partial charge in [-0.15, -0.1) is 0 Å². The van der Waals surface area contributed by atoms with Crippen molar-refractivity contribution < 1.29 is 13.7 Å². The first-order chi connectivity index (χ1) is 7.34. The molecule has 2 unspecified atom stereocenters. The number of rotatable bonds is 3. The van der Waals surface area contributed by atoms with E-state index in [1.807, 2.05) is 0 Å². The summed E-state index contributed by atoms with van der Waals surface area (Å²) >= 11 is 0. The van der Waals surface area contributed by atoms with Crippen LogP contribution in [0, 0.1) is 21.7 Å². The summed E-state index contributed by atoms with van der Waals surface area (Å²) in [7, 11) is 0. The van der Waals surface area contributed by atoms with Gasteiger partial charge in [-0.25, -0.2) is 4.39 Å². The van der Waals surface area contributed by atoms with Crippen LogP contribution in [-0.2, 0) is 0 Å². The van der Waals surface area contributed by atoms with Crippen LogP contribution in [0.3, 0.4) is 0 Å². The Labute approximate surface area is 91.2 Å². The number of nitro groups is 1. The maximum atomic E-state index is 13.3. The summed E-state index contributed by atoms with van der Waals surface area (Å²) in [4.78, 5) is 9.83. The fourth-order valence-corrected chi connectivity index (χ4v) is 1.41. The largest absolute Gasteiger partial charge is 0.327 e. The van der Waals surface area contributed by atoms with E-state index in [4.69, 9.17) is 5.73 Å².